The molecule has 0 aliphatic rings. The van der Waals surface area contributed by atoms with E-state index in [2.05, 4.69) is 10.5 Å². The molecule has 160 valence electrons. The van der Waals surface area contributed by atoms with Crippen LogP contribution in [0.4, 0.5) is 0 Å². The Morgan fingerprint density at radius 2 is 1.77 bits per heavy atom. The molecule has 0 bridgehead atoms. The summed E-state index contributed by atoms with van der Waals surface area (Å²) in [5.74, 6) is 0.238. The zero-order valence-electron chi connectivity index (χ0n) is 17.4. The molecule has 31 heavy (non-hydrogen) atoms. The van der Waals surface area contributed by atoms with E-state index in [1.165, 1.54) is 6.21 Å². The van der Waals surface area contributed by atoms with Gasteiger partial charge in [-0.2, -0.15) is 5.10 Å². The van der Waals surface area contributed by atoms with Gasteiger partial charge in [0, 0.05) is 0 Å². The molecule has 0 heterocycles. The molecule has 3 rings (SSSR count). The van der Waals surface area contributed by atoms with Gasteiger partial charge in [-0.1, -0.05) is 54.1 Å². The second-order valence-corrected chi connectivity index (χ2v) is 9.08. The van der Waals surface area contributed by atoms with E-state index in [1.54, 1.807) is 67.8 Å². The van der Waals surface area contributed by atoms with Crippen molar-refractivity contribution in [3.63, 3.8) is 0 Å². The first-order valence-electron chi connectivity index (χ1n) is 9.69. The molecule has 1 N–H and O–H groups in total. The second kappa shape index (κ2) is 10.0. The molecule has 6 nitrogen and oxygen atoms in total. The number of hydrogen-bond acceptors (Lipinski definition) is 5. The summed E-state index contributed by atoms with van der Waals surface area (Å²) in [6.07, 6.45) is 1.61. The maximum absolute atomic E-state index is 12.8. The maximum atomic E-state index is 12.8. The summed E-state index contributed by atoms with van der Waals surface area (Å²) in [7, 11) is -1.93. The van der Waals surface area contributed by atoms with Crippen LogP contribution < -0.4 is 10.2 Å². The van der Waals surface area contributed by atoms with Gasteiger partial charge in [-0.15, -0.1) is 0 Å². The van der Waals surface area contributed by atoms with Gasteiger partial charge in [-0.25, -0.2) is 13.8 Å². The fraction of sp³-hybridized carbons (Fsp3) is 0.167. The Morgan fingerprint density at radius 3 is 2.52 bits per heavy atom. The largest absolute Gasteiger partial charge is 0.497 e. The van der Waals surface area contributed by atoms with Crippen LogP contribution in [-0.4, -0.2) is 27.6 Å². The van der Waals surface area contributed by atoms with Gasteiger partial charge in [0.25, 0.3) is 0 Å². The molecule has 0 fully saturated rings. The number of aryl methyl sites for hydroxylation is 1. The molecule has 0 saturated carbocycles. The molecule has 0 atom stereocenters. The molecule has 0 unspecified atom stereocenters. The van der Waals surface area contributed by atoms with Gasteiger partial charge >= 0.3 is 0 Å². The monoisotopic (exact) mass is 436 g/mol. The fourth-order valence-electron chi connectivity index (χ4n) is 3.01. The predicted molar refractivity (Wildman–Crippen MR) is 121 cm³/mol. The van der Waals surface area contributed by atoms with E-state index >= 15 is 0 Å². The minimum Gasteiger partial charge on any atom is -0.497 e. The van der Waals surface area contributed by atoms with Gasteiger partial charge < -0.3 is 4.74 Å². The Hall–Kier alpha value is -3.45. The molecule has 0 aliphatic carbocycles. The molecular weight excluding hydrogens is 412 g/mol. The van der Waals surface area contributed by atoms with Gasteiger partial charge in [0.15, 0.2) is 9.84 Å². The quantitative estimate of drug-likeness (QED) is 0.431. The SMILES string of the molecule is COc1cccc(CC(=O)NN=Cc2ccccc2CS(=O)(=O)c2ccc(C)cc2)c1. The van der Waals surface area contributed by atoms with Crippen molar-refractivity contribution in [3.05, 3.63) is 95.1 Å². The average molecular weight is 437 g/mol. The van der Waals surface area contributed by atoms with Gasteiger partial charge in [-0.05, 0) is 47.9 Å². The van der Waals surface area contributed by atoms with Crippen LogP contribution in [0.1, 0.15) is 22.3 Å². The first-order valence-corrected chi connectivity index (χ1v) is 11.3. The van der Waals surface area contributed by atoms with E-state index in [1.807, 2.05) is 19.1 Å². The minimum absolute atomic E-state index is 0.151. The Bertz CT molecular complexity index is 1190. The number of benzene rings is 3. The van der Waals surface area contributed by atoms with E-state index in [9.17, 15) is 13.2 Å². The number of carbonyl (C=O) groups is 1. The molecule has 0 spiro atoms. The molecule has 0 saturated heterocycles. The van der Waals surface area contributed by atoms with Crippen LogP contribution in [0.3, 0.4) is 0 Å². The zero-order chi connectivity index (χ0) is 22.3. The number of methoxy groups -OCH3 is 1. The van der Waals surface area contributed by atoms with Crippen molar-refractivity contribution >= 4 is 22.0 Å². The Morgan fingerprint density at radius 1 is 1.03 bits per heavy atom. The number of nitrogens with zero attached hydrogens (tertiary/aromatic N) is 1. The van der Waals surface area contributed by atoms with Crippen molar-refractivity contribution in [2.24, 2.45) is 5.10 Å². The van der Waals surface area contributed by atoms with Crippen molar-refractivity contribution in [1.29, 1.82) is 0 Å². The standard InChI is InChI=1S/C24H24N2O4S/c1-18-10-12-23(13-11-18)31(28,29)17-21-8-4-3-7-20(21)16-25-26-24(27)15-19-6-5-9-22(14-19)30-2/h3-14,16H,15,17H2,1-2H3,(H,26,27). The highest BCUT2D eigenvalue weighted by Gasteiger charge is 2.16. The van der Waals surface area contributed by atoms with Crippen molar-refractivity contribution in [1.82, 2.24) is 5.43 Å². The lowest BCUT2D eigenvalue weighted by Crippen LogP contribution is -2.20. The first kappa shape index (κ1) is 22.2. The number of carbonyl (C=O) groups excluding carboxylic acids is 1. The molecule has 3 aromatic rings. The molecule has 3 aromatic carbocycles. The second-order valence-electron chi connectivity index (χ2n) is 7.09. The van der Waals surface area contributed by atoms with Crippen LogP contribution in [0, 0.1) is 6.92 Å². The highest BCUT2D eigenvalue weighted by Crippen LogP contribution is 2.19. The third-order valence-corrected chi connectivity index (χ3v) is 6.35. The molecule has 7 heteroatoms. The summed E-state index contributed by atoms with van der Waals surface area (Å²) >= 11 is 0. The molecule has 0 aliphatic heterocycles. The number of ether oxygens (including phenoxy) is 1. The summed E-state index contributed by atoms with van der Waals surface area (Å²) in [4.78, 5) is 12.4. The number of rotatable bonds is 8. The minimum atomic E-state index is -3.50. The highest BCUT2D eigenvalue weighted by molar-refractivity contribution is 7.90. The Balaban J connectivity index is 1.68. The number of sulfone groups is 1. The van der Waals surface area contributed by atoms with Crippen molar-refractivity contribution in [2.75, 3.05) is 7.11 Å². The topological polar surface area (TPSA) is 84.8 Å². The summed E-state index contributed by atoms with van der Waals surface area (Å²) in [6.45, 7) is 1.91. The number of hydrogen-bond donors (Lipinski definition) is 1. The summed E-state index contributed by atoms with van der Waals surface area (Å²) in [5, 5.41) is 4.00. The van der Waals surface area contributed by atoms with E-state index in [4.69, 9.17) is 4.74 Å². The Kier molecular flexibility index (Phi) is 7.20. The fourth-order valence-corrected chi connectivity index (χ4v) is 4.40. The third-order valence-electron chi connectivity index (χ3n) is 4.67. The van der Waals surface area contributed by atoms with Gasteiger partial charge in [0.1, 0.15) is 5.75 Å². The van der Waals surface area contributed by atoms with Crippen molar-refractivity contribution in [3.8, 4) is 5.75 Å². The average Bonchev–Trinajstić information content (AvgIpc) is 2.75. The predicted octanol–water partition coefficient (Wildman–Crippen LogP) is 3.67. The normalized spacial score (nSPS) is 11.4. The van der Waals surface area contributed by atoms with E-state index < -0.39 is 9.84 Å². The lowest BCUT2D eigenvalue weighted by molar-refractivity contribution is -0.120. The third kappa shape index (κ3) is 6.26. The first-order chi connectivity index (χ1) is 14.9. The number of hydrazone groups is 1. The van der Waals surface area contributed by atoms with Gasteiger partial charge in [-0.3, -0.25) is 4.79 Å². The van der Waals surface area contributed by atoms with Crippen molar-refractivity contribution < 1.29 is 17.9 Å². The molecule has 1 amide bonds. The summed E-state index contributed by atoms with van der Waals surface area (Å²) in [5.41, 5.74) is 5.51. The van der Waals surface area contributed by atoms with Crippen molar-refractivity contribution in [2.45, 2.75) is 24.0 Å². The van der Waals surface area contributed by atoms with Crippen LogP contribution in [0.25, 0.3) is 0 Å². The van der Waals surface area contributed by atoms with Gasteiger partial charge in [0.2, 0.25) is 5.91 Å². The van der Waals surface area contributed by atoms with Crippen LogP contribution in [0.2, 0.25) is 0 Å². The number of nitrogens with one attached hydrogen (secondary N) is 1. The smallest absolute Gasteiger partial charge is 0.244 e. The summed E-state index contributed by atoms with van der Waals surface area (Å²) in [6, 6.07) is 21.1. The summed E-state index contributed by atoms with van der Waals surface area (Å²) < 4.78 is 30.7. The van der Waals surface area contributed by atoms with Crippen LogP contribution in [0.15, 0.2) is 82.8 Å². The lowest BCUT2D eigenvalue weighted by Gasteiger charge is -2.08. The Labute approximate surface area is 182 Å². The zero-order valence-corrected chi connectivity index (χ0v) is 18.2. The van der Waals surface area contributed by atoms with Crippen LogP contribution >= 0.6 is 0 Å². The van der Waals surface area contributed by atoms with Crippen LogP contribution in [-0.2, 0) is 26.8 Å². The molecular formula is C24H24N2O4S. The van der Waals surface area contributed by atoms with E-state index in [-0.39, 0.29) is 23.0 Å². The van der Waals surface area contributed by atoms with Crippen LogP contribution in [0.5, 0.6) is 5.75 Å². The molecule has 0 radical (unpaired) electrons. The van der Waals surface area contributed by atoms with E-state index in [0.717, 1.165) is 11.1 Å². The lowest BCUT2D eigenvalue weighted by atomic mass is 10.1. The maximum Gasteiger partial charge on any atom is 0.244 e. The van der Waals surface area contributed by atoms with E-state index in [0.29, 0.717) is 16.9 Å². The number of amides is 1. The highest BCUT2D eigenvalue weighted by atomic mass is 32.2. The van der Waals surface area contributed by atoms with Gasteiger partial charge in [0.05, 0.1) is 30.4 Å². The molecule has 0 aromatic heterocycles.